The third-order valence-corrected chi connectivity index (χ3v) is 3.30. The van der Waals surface area contributed by atoms with Gasteiger partial charge in [0.05, 0.1) is 17.7 Å². The first-order valence-electron chi connectivity index (χ1n) is 6.43. The fourth-order valence-electron chi connectivity index (χ4n) is 2.26. The lowest BCUT2D eigenvalue weighted by atomic mass is 10.0. The van der Waals surface area contributed by atoms with Crippen molar-refractivity contribution in [2.24, 2.45) is 5.92 Å². The molecule has 1 atom stereocenters. The van der Waals surface area contributed by atoms with Gasteiger partial charge in [0.1, 0.15) is 5.75 Å². The summed E-state index contributed by atoms with van der Waals surface area (Å²) in [6, 6.07) is 4.13. The van der Waals surface area contributed by atoms with Crippen LogP contribution in [0.25, 0.3) is 0 Å². The first-order valence-corrected chi connectivity index (χ1v) is 6.43. The normalized spacial score (nSPS) is 17.8. The average molecular weight is 279 g/mol. The smallest absolute Gasteiger partial charge is 0.271 e. The Morgan fingerprint density at radius 2 is 2.40 bits per heavy atom. The SMILES string of the molecule is COc1ccc([N+](=O)[O-])cc1NC(=O)CC1CCNC1. The van der Waals surface area contributed by atoms with Crippen molar-refractivity contribution in [3.8, 4) is 5.75 Å². The minimum Gasteiger partial charge on any atom is -0.495 e. The Kier molecular flexibility index (Phi) is 4.52. The van der Waals surface area contributed by atoms with Crippen LogP contribution >= 0.6 is 0 Å². The van der Waals surface area contributed by atoms with Crippen LogP contribution < -0.4 is 15.4 Å². The lowest BCUT2D eigenvalue weighted by Gasteiger charge is -2.12. The molecule has 2 rings (SSSR count). The lowest BCUT2D eigenvalue weighted by Crippen LogP contribution is -2.18. The van der Waals surface area contributed by atoms with Crippen LogP contribution in [0.2, 0.25) is 0 Å². The number of hydrogen-bond donors (Lipinski definition) is 2. The van der Waals surface area contributed by atoms with E-state index >= 15 is 0 Å². The summed E-state index contributed by atoms with van der Waals surface area (Å²) in [7, 11) is 1.46. The van der Waals surface area contributed by atoms with E-state index in [1.165, 1.54) is 25.3 Å². The fraction of sp³-hybridized carbons (Fsp3) is 0.462. The highest BCUT2D eigenvalue weighted by molar-refractivity contribution is 5.92. The van der Waals surface area contributed by atoms with E-state index in [2.05, 4.69) is 10.6 Å². The number of nitro groups is 1. The zero-order valence-corrected chi connectivity index (χ0v) is 11.2. The summed E-state index contributed by atoms with van der Waals surface area (Å²) in [5, 5.41) is 16.6. The van der Waals surface area contributed by atoms with Gasteiger partial charge < -0.3 is 15.4 Å². The molecule has 20 heavy (non-hydrogen) atoms. The topological polar surface area (TPSA) is 93.5 Å². The van der Waals surface area contributed by atoms with E-state index < -0.39 is 4.92 Å². The number of amides is 1. The highest BCUT2D eigenvalue weighted by Crippen LogP contribution is 2.29. The highest BCUT2D eigenvalue weighted by Gasteiger charge is 2.19. The summed E-state index contributed by atoms with van der Waals surface area (Å²) >= 11 is 0. The number of non-ortho nitro benzene ring substituents is 1. The second-order valence-electron chi connectivity index (χ2n) is 4.75. The quantitative estimate of drug-likeness (QED) is 0.630. The number of ether oxygens (including phenoxy) is 1. The molecule has 108 valence electrons. The summed E-state index contributed by atoms with van der Waals surface area (Å²) in [5.41, 5.74) is 0.251. The monoisotopic (exact) mass is 279 g/mol. The number of hydrogen-bond acceptors (Lipinski definition) is 5. The maximum Gasteiger partial charge on any atom is 0.271 e. The number of carbonyl (C=O) groups excluding carboxylic acids is 1. The van der Waals surface area contributed by atoms with E-state index in [4.69, 9.17) is 4.74 Å². The van der Waals surface area contributed by atoms with Crippen LogP contribution in [-0.2, 0) is 4.79 Å². The molecule has 1 aromatic rings. The van der Waals surface area contributed by atoms with Gasteiger partial charge in [-0.3, -0.25) is 14.9 Å². The Hall–Kier alpha value is -2.15. The van der Waals surface area contributed by atoms with Crippen LogP contribution in [-0.4, -0.2) is 31.0 Å². The van der Waals surface area contributed by atoms with E-state index in [0.29, 0.717) is 23.8 Å². The Balaban J connectivity index is 2.07. The summed E-state index contributed by atoms with van der Waals surface area (Å²) in [5.74, 6) is 0.575. The predicted molar refractivity (Wildman–Crippen MR) is 73.9 cm³/mol. The lowest BCUT2D eigenvalue weighted by molar-refractivity contribution is -0.384. The Morgan fingerprint density at radius 1 is 1.60 bits per heavy atom. The summed E-state index contributed by atoms with van der Waals surface area (Å²) in [6.45, 7) is 1.76. The van der Waals surface area contributed by atoms with Crippen molar-refractivity contribution < 1.29 is 14.5 Å². The van der Waals surface area contributed by atoms with Gasteiger partial charge in [-0.15, -0.1) is 0 Å². The third-order valence-electron chi connectivity index (χ3n) is 3.30. The number of benzene rings is 1. The van der Waals surface area contributed by atoms with Gasteiger partial charge in [-0.05, 0) is 31.5 Å². The molecule has 1 unspecified atom stereocenters. The van der Waals surface area contributed by atoms with Gasteiger partial charge in [-0.2, -0.15) is 0 Å². The summed E-state index contributed by atoms with van der Waals surface area (Å²) < 4.78 is 5.10. The number of carbonyl (C=O) groups is 1. The molecule has 1 amide bonds. The minimum absolute atomic E-state index is 0.0800. The molecule has 7 nitrogen and oxygen atoms in total. The van der Waals surface area contributed by atoms with Crippen LogP contribution in [0.3, 0.4) is 0 Å². The van der Waals surface area contributed by atoms with E-state index in [-0.39, 0.29) is 11.6 Å². The molecular weight excluding hydrogens is 262 g/mol. The van der Waals surface area contributed by atoms with Crippen LogP contribution in [0.4, 0.5) is 11.4 Å². The average Bonchev–Trinajstić information content (AvgIpc) is 2.91. The van der Waals surface area contributed by atoms with Gasteiger partial charge in [0.15, 0.2) is 0 Å². The number of nitro benzene ring substituents is 1. The van der Waals surface area contributed by atoms with Crippen molar-refractivity contribution in [1.29, 1.82) is 0 Å². The molecule has 1 fully saturated rings. The molecule has 0 bridgehead atoms. The number of anilines is 1. The van der Waals surface area contributed by atoms with Gasteiger partial charge in [0.25, 0.3) is 5.69 Å². The molecule has 1 aliphatic rings. The van der Waals surface area contributed by atoms with Gasteiger partial charge in [-0.25, -0.2) is 0 Å². The van der Waals surface area contributed by atoms with Crippen molar-refractivity contribution in [3.05, 3.63) is 28.3 Å². The summed E-state index contributed by atoms with van der Waals surface area (Å²) in [4.78, 5) is 22.2. The molecule has 0 saturated carbocycles. The third kappa shape index (κ3) is 3.45. The number of nitrogens with zero attached hydrogens (tertiary/aromatic N) is 1. The molecule has 0 aliphatic carbocycles. The molecule has 1 saturated heterocycles. The van der Waals surface area contributed by atoms with E-state index in [9.17, 15) is 14.9 Å². The zero-order valence-electron chi connectivity index (χ0n) is 11.2. The predicted octanol–water partition coefficient (Wildman–Crippen LogP) is 1.54. The standard InChI is InChI=1S/C13H17N3O4/c1-20-12-3-2-10(16(18)19)7-11(12)15-13(17)6-9-4-5-14-8-9/h2-3,7,9,14H,4-6,8H2,1H3,(H,15,17). The first kappa shape index (κ1) is 14.3. The van der Waals surface area contributed by atoms with Crippen LogP contribution in [0.15, 0.2) is 18.2 Å². The van der Waals surface area contributed by atoms with Crippen molar-refractivity contribution in [1.82, 2.24) is 5.32 Å². The van der Waals surface area contributed by atoms with E-state index in [1.54, 1.807) is 0 Å². The fourth-order valence-corrected chi connectivity index (χ4v) is 2.26. The second-order valence-corrected chi connectivity index (χ2v) is 4.75. The van der Waals surface area contributed by atoms with Crippen LogP contribution in [0.5, 0.6) is 5.75 Å². The van der Waals surface area contributed by atoms with Gasteiger partial charge in [0.2, 0.25) is 5.91 Å². The Labute approximate surface area is 116 Å². The number of nitrogens with one attached hydrogen (secondary N) is 2. The molecule has 0 radical (unpaired) electrons. The highest BCUT2D eigenvalue weighted by atomic mass is 16.6. The zero-order chi connectivity index (χ0) is 14.5. The molecule has 1 aliphatic heterocycles. The van der Waals surface area contributed by atoms with Gasteiger partial charge in [-0.1, -0.05) is 0 Å². The molecule has 1 aromatic carbocycles. The molecule has 1 heterocycles. The van der Waals surface area contributed by atoms with Crippen LogP contribution in [0, 0.1) is 16.0 Å². The maximum absolute atomic E-state index is 12.0. The van der Waals surface area contributed by atoms with Crippen molar-refractivity contribution in [3.63, 3.8) is 0 Å². The van der Waals surface area contributed by atoms with Crippen molar-refractivity contribution in [2.75, 3.05) is 25.5 Å². The maximum atomic E-state index is 12.0. The molecule has 0 spiro atoms. The number of rotatable bonds is 5. The van der Waals surface area contributed by atoms with Crippen molar-refractivity contribution in [2.45, 2.75) is 12.8 Å². The Bertz CT molecular complexity index is 512. The minimum atomic E-state index is -0.504. The molecule has 0 aromatic heterocycles. The Morgan fingerprint density at radius 3 is 3.00 bits per heavy atom. The molecular formula is C13H17N3O4. The van der Waals surface area contributed by atoms with Gasteiger partial charge in [0, 0.05) is 18.6 Å². The molecule has 7 heteroatoms. The molecule has 2 N–H and O–H groups in total. The van der Waals surface area contributed by atoms with E-state index in [0.717, 1.165) is 19.5 Å². The van der Waals surface area contributed by atoms with E-state index in [1.807, 2.05) is 0 Å². The first-order chi connectivity index (χ1) is 9.60. The second kappa shape index (κ2) is 6.33. The van der Waals surface area contributed by atoms with Crippen LogP contribution in [0.1, 0.15) is 12.8 Å². The van der Waals surface area contributed by atoms with Gasteiger partial charge >= 0.3 is 0 Å². The number of methoxy groups -OCH3 is 1. The van der Waals surface area contributed by atoms with Crippen molar-refractivity contribution >= 4 is 17.3 Å². The summed E-state index contributed by atoms with van der Waals surface area (Å²) in [6.07, 6.45) is 1.37. The largest absolute Gasteiger partial charge is 0.495 e.